The molecule has 0 saturated carbocycles. The van der Waals surface area contributed by atoms with E-state index in [9.17, 15) is 23.3 Å². The van der Waals surface area contributed by atoms with Crippen LogP contribution in [0.2, 0.25) is 0 Å². The first-order valence-corrected chi connectivity index (χ1v) is 10.6. The summed E-state index contributed by atoms with van der Waals surface area (Å²) in [7, 11) is -3.76. The molecule has 1 aromatic heterocycles. The first-order valence-electron chi connectivity index (χ1n) is 9.09. The molecule has 2 aromatic carbocycles. The van der Waals surface area contributed by atoms with Gasteiger partial charge in [0, 0.05) is 11.8 Å². The average molecular weight is 445 g/mol. The van der Waals surface area contributed by atoms with Crippen LogP contribution in [0, 0.1) is 10.1 Å². The van der Waals surface area contributed by atoms with Crippen molar-refractivity contribution in [2.45, 2.75) is 24.5 Å². The lowest BCUT2D eigenvalue weighted by atomic mass is 10.2. The van der Waals surface area contributed by atoms with E-state index in [0.29, 0.717) is 11.4 Å². The predicted molar refractivity (Wildman–Crippen MR) is 111 cm³/mol. The molecule has 0 fully saturated rings. The van der Waals surface area contributed by atoms with Crippen LogP contribution in [-0.2, 0) is 21.4 Å². The third-order valence-corrected chi connectivity index (χ3v) is 5.60. The van der Waals surface area contributed by atoms with Crippen LogP contribution in [0.25, 0.3) is 0 Å². The van der Waals surface area contributed by atoms with Crippen molar-refractivity contribution in [3.63, 3.8) is 0 Å². The topological polar surface area (TPSA) is 141 Å². The number of hydrogen-bond acceptors (Lipinski definition) is 7. The summed E-state index contributed by atoms with van der Waals surface area (Å²) in [4.78, 5) is 22.8. The maximum absolute atomic E-state index is 12.4. The first-order chi connectivity index (χ1) is 14.8. The molecular formula is C20H19N3O7S. The molecule has 0 spiro atoms. The van der Waals surface area contributed by atoms with Crippen molar-refractivity contribution >= 4 is 27.3 Å². The van der Waals surface area contributed by atoms with E-state index in [1.807, 2.05) is 0 Å². The van der Waals surface area contributed by atoms with Crippen LogP contribution in [0.3, 0.4) is 0 Å². The summed E-state index contributed by atoms with van der Waals surface area (Å²) in [5.74, 6) is -0.107. The Hall–Kier alpha value is -3.70. The highest BCUT2D eigenvalue weighted by Gasteiger charge is 2.21. The molecule has 3 rings (SSSR count). The third-order valence-electron chi connectivity index (χ3n) is 4.18. The van der Waals surface area contributed by atoms with E-state index in [4.69, 9.17) is 9.15 Å². The van der Waals surface area contributed by atoms with Gasteiger partial charge < -0.3 is 14.5 Å². The Morgan fingerprint density at radius 1 is 1.13 bits per heavy atom. The molecule has 0 saturated heterocycles. The predicted octanol–water partition coefficient (Wildman–Crippen LogP) is 3.07. The monoisotopic (exact) mass is 445 g/mol. The molecule has 0 radical (unpaired) electrons. The molecule has 162 valence electrons. The highest BCUT2D eigenvalue weighted by Crippen LogP contribution is 2.27. The van der Waals surface area contributed by atoms with Crippen LogP contribution >= 0.6 is 0 Å². The molecule has 0 aliphatic carbocycles. The third kappa shape index (κ3) is 5.68. The summed E-state index contributed by atoms with van der Waals surface area (Å²) in [6, 6.07) is 14.6. The van der Waals surface area contributed by atoms with Crippen molar-refractivity contribution < 1.29 is 27.3 Å². The molecule has 0 aliphatic rings. The Bertz CT molecular complexity index is 1160. The Balaban J connectivity index is 1.61. The van der Waals surface area contributed by atoms with Gasteiger partial charge in [-0.2, -0.15) is 0 Å². The number of benzene rings is 2. The molecule has 1 amide bonds. The lowest BCUT2D eigenvalue weighted by Gasteiger charge is -2.15. The van der Waals surface area contributed by atoms with Crippen LogP contribution in [0.1, 0.15) is 12.7 Å². The number of nitro benzene ring substituents is 1. The summed E-state index contributed by atoms with van der Waals surface area (Å²) < 4.78 is 37.6. The second kappa shape index (κ2) is 9.41. The molecule has 1 atom stereocenters. The number of carbonyl (C=O) groups excluding carboxylic acids is 1. The van der Waals surface area contributed by atoms with Crippen molar-refractivity contribution in [1.82, 2.24) is 4.72 Å². The smallest absolute Gasteiger partial charge is 0.310 e. The fraction of sp³-hybridized carbons (Fsp3) is 0.150. The van der Waals surface area contributed by atoms with Crippen molar-refractivity contribution in [3.8, 4) is 5.75 Å². The van der Waals surface area contributed by atoms with E-state index in [2.05, 4.69) is 10.0 Å². The summed E-state index contributed by atoms with van der Waals surface area (Å²) in [6.07, 6.45) is 0.418. The molecule has 2 N–H and O–H groups in total. The van der Waals surface area contributed by atoms with E-state index in [0.717, 1.165) is 0 Å². The van der Waals surface area contributed by atoms with Gasteiger partial charge in [-0.15, -0.1) is 0 Å². The van der Waals surface area contributed by atoms with Crippen LogP contribution in [0.15, 0.2) is 76.2 Å². The summed E-state index contributed by atoms with van der Waals surface area (Å²) in [5.41, 5.74) is 0.0896. The Kier molecular flexibility index (Phi) is 6.68. The van der Waals surface area contributed by atoms with Gasteiger partial charge in [0.15, 0.2) is 11.9 Å². The largest absolute Gasteiger partial charge is 0.474 e. The number of nitrogens with one attached hydrogen (secondary N) is 2. The molecular weight excluding hydrogens is 426 g/mol. The molecule has 0 bridgehead atoms. The van der Waals surface area contributed by atoms with Gasteiger partial charge in [0.25, 0.3) is 5.91 Å². The number of carbonyl (C=O) groups is 1. The number of ether oxygens (including phenoxy) is 1. The number of sulfonamides is 1. The van der Waals surface area contributed by atoms with Crippen LogP contribution in [0.5, 0.6) is 5.75 Å². The minimum atomic E-state index is -3.76. The zero-order valence-corrected chi connectivity index (χ0v) is 17.2. The molecule has 11 heteroatoms. The zero-order chi connectivity index (χ0) is 22.4. The number of nitro groups is 1. The van der Waals surface area contributed by atoms with Gasteiger partial charge in [-0.1, -0.05) is 12.1 Å². The average Bonchev–Trinajstić information content (AvgIpc) is 3.27. The number of hydrogen-bond donors (Lipinski definition) is 2. The second-order valence-electron chi connectivity index (χ2n) is 6.40. The van der Waals surface area contributed by atoms with Crippen molar-refractivity contribution in [3.05, 3.63) is 82.8 Å². The minimum Gasteiger partial charge on any atom is -0.474 e. The fourth-order valence-corrected chi connectivity index (χ4v) is 3.57. The Morgan fingerprint density at radius 2 is 1.84 bits per heavy atom. The van der Waals surface area contributed by atoms with Gasteiger partial charge in [0.1, 0.15) is 5.76 Å². The van der Waals surface area contributed by atoms with Gasteiger partial charge >= 0.3 is 5.69 Å². The maximum Gasteiger partial charge on any atom is 0.310 e. The van der Waals surface area contributed by atoms with E-state index in [1.54, 1.807) is 18.2 Å². The van der Waals surface area contributed by atoms with E-state index < -0.39 is 27.0 Å². The Labute approximate surface area is 178 Å². The van der Waals surface area contributed by atoms with Gasteiger partial charge in [-0.05, 0) is 49.4 Å². The molecule has 1 unspecified atom stereocenters. The summed E-state index contributed by atoms with van der Waals surface area (Å²) >= 11 is 0. The molecule has 1 heterocycles. The van der Waals surface area contributed by atoms with Gasteiger partial charge in [-0.3, -0.25) is 14.9 Å². The lowest BCUT2D eigenvalue weighted by Crippen LogP contribution is -2.30. The number of rotatable bonds is 9. The molecule has 10 nitrogen and oxygen atoms in total. The number of amides is 1. The summed E-state index contributed by atoms with van der Waals surface area (Å²) in [6.45, 7) is 1.46. The quantitative estimate of drug-likeness (QED) is 0.381. The summed E-state index contributed by atoms with van der Waals surface area (Å²) in [5, 5.41) is 13.6. The SMILES string of the molecule is CC(Oc1ccccc1[N+](=O)[O-])C(=O)Nc1ccc(S(=O)(=O)NCc2ccco2)cc1. The van der Waals surface area contributed by atoms with E-state index in [1.165, 1.54) is 55.7 Å². The van der Waals surface area contributed by atoms with Crippen molar-refractivity contribution in [2.75, 3.05) is 5.32 Å². The van der Waals surface area contributed by atoms with Crippen LogP contribution in [0.4, 0.5) is 11.4 Å². The number of anilines is 1. The molecule has 31 heavy (non-hydrogen) atoms. The number of nitrogens with zero attached hydrogens (tertiary/aromatic N) is 1. The standard InChI is InChI=1S/C20H19N3O7S/c1-14(30-19-7-3-2-6-18(19)23(25)26)20(24)22-15-8-10-17(11-9-15)31(27,28)21-13-16-5-4-12-29-16/h2-12,14,21H,13H2,1H3,(H,22,24). The number of para-hydroxylation sites is 2. The lowest BCUT2D eigenvalue weighted by molar-refractivity contribution is -0.386. The van der Waals surface area contributed by atoms with Crippen molar-refractivity contribution in [2.24, 2.45) is 0 Å². The normalized spacial score (nSPS) is 12.2. The van der Waals surface area contributed by atoms with Crippen LogP contribution in [-0.4, -0.2) is 25.4 Å². The first kappa shape index (κ1) is 22.0. The highest BCUT2D eigenvalue weighted by atomic mass is 32.2. The Morgan fingerprint density at radius 3 is 2.48 bits per heavy atom. The second-order valence-corrected chi connectivity index (χ2v) is 8.17. The van der Waals surface area contributed by atoms with Gasteiger partial charge in [-0.25, -0.2) is 13.1 Å². The van der Waals surface area contributed by atoms with Gasteiger partial charge in [0.05, 0.1) is 22.6 Å². The minimum absolute atomic E-state index is 0.00823. The molecule has 3 aromatic rings. The van der Waals surface area contributed by atoms with E-state index in [-0.39, 0.29) is 22.9 Å². The van der Waals surface area contributed by atoms with Crippen molar-refractivity contribution in [1.29, 1.82) is 0 Å². The maximum atomic E-state index is 12.4. The van der Waals surface area contributed by atoms with Gasteiger partial charge in [0.2, 0.25) is 10.0 Å². The van der Waals surface area contributed by atoms with E-state index >= 15 is 0 Å². The highest BCUT2D eigenvalue weighted by molar-refractivity contribution is 7.89. The number of furan rings is 1. The zero-order valence-electron chi connectivity index (χ0n) is 16.3. The molecule has 0 aliphatic heterocycles. The fourth-order valence-electron chi connectivity index (χ4n) is 2.58. The van der Waals surface area contributed by atoms with Crippen LogP contribution < -0.4 is 14.8 Å².